The fourth-order valence-corrected chi connectivity index (χ4v) is 3.08. The lowest BCUT2D eigenvalue weighted by Gasteiger charge is -2.34. The first kappa shape index (κ1) is 19.2. The van der Waals surface area contributed by atoms with Crippen LogP contribution in [-0.4, -0.2) is 66.7 Å². The molecule has 1 aliphatic heterocycles. The van der Waals surface area contributed by atoms with Crippen molar-refractivity contribution < 1.29 is 29.0 Å². The molecule has 2 atom stereocenters. The van der Waals surface area contributed by atoms with Gasteiger partial charge in [-0.25, -0.2) is 4.79 Å². The van der Waals surface area contributed by atoms with Crippen molar-refractivity contribution in [1.82, 2.24) is 4.31 Å². The molecule has 0 bridgehead atoms. The molecule has 8 nitrogen and oxygen atoms in total. The van der Waals surface area contributed by atoms with Crippen molar-refractivity contribution in [2.75, 3.05) is 32.1 Å². The number of hydrogen-bond acceptors (Lipinski definition) is 7. The van der Waals surface area contributed by atoms with Crippen LogP contribution in [0.3, 0.4) is 0 Å². The predicted molar refractivity (Wildman–Crippen MR) is 91.3 cm³/mol. The lowest BCUT2D eigenvalue weighted by molar-refractivity contribution is -0.177. The molecule has 9 heteroatoms. The molecule has 2 rings (SSSR count). The molecule has 1 aromatic rings. The second-order valence-corrected chi connectivity index (χ2v) is 6.93. The largest absolute Gasteiger partial charge is 0.478 e. The minimum Gasteiger partial charge on any atom is -0.478 e. The Kier molecular flexibility index (Phi) is 6.40. The van der Waals surface area contributed by atoms with Crippen molar-refractivity contribution in [3.05, 3.63) is 24.3 Å². The van der Waals surface area contributed by atoms with Crippen LogP contribution in [0.1, 0.15) is 6.92 Å². The van der Waals surface area contributed by atoms with E-state index in [4.69, 9.17) is 9.47 Å². The van der Waals surface area contributed by atoms with Gasteiger partial charge in [-0.3, -0.25) is 13.9 Å². The first-order chi connectivity index (χ1) is 11.8. The molecule has 1 N–H and O–H groups in total. The maximum absolute atomic E-state index is 12.6. The van der Waals surface area contributed by atoms with Crippen LogP contribution in [0.15, 0.2) is 29.2 Å². The van der Waals surface area contributed by atoms with E-state index in [1.165, 1.54) is 4.90 Å². The molecule has 136 valence electrons. The van der Waals surface area contributed by atoms with Crippen molar-refractivity contribution in [1.29, 1.82) is 0 Å². The quantitative estimate of drug-likeness (QED) is 0.587. The smallest absolute Gasteiger partial charge is 0.348 e. The van der Waals surface area contributed by atoms with Crippen LogP contribution in [0.25, 0.3) is 0 Å². The zero-order chi connectivity index (χ0) is 18.6. The average molecular weight is 368 g/mol. The van der Waals surface area contributed by atoms with Crippen LogP contribution in [0, 0.1) is 0 Å². The third kappa shape index (κ3) is 4.94. The Bertz CT molecular complexity index is 649. The van der Waals surface area contributed by atoms with E-state index >= 15 is 0 Å². The Morgan fingerprint density at radius 3 is 2.52 bits per heavy atom. The van der Waals surface area contributed by atoms with Crippen LogP contribution in [-0.2, 0) is 23.9 Å². The molecule has 25 heavy (non-hydrogen) atoms. The molecule has 0 aromatic heterocycles. The van der Waals surface area contributed by atoms with Crippen LogP contribution in [0.4, 0.5) is 5.69 Å². The van der Waals surface area contributed by atoms with Gasteiger partial charge in [0.2, 0.25) is 6.10 Å². The fraction of sp³-hybridized carbons (Fsp3) is 0.438. The molecular weight excluding hydrogens is 348 g/mol. The Labute approximate surface area is 149 Å². The normalized spacial score (nSPS) is 19.0. The summed E-state index contributed by atoms with van der Waals surface area (Å²) in [5.74, 6) is -2.76. The lowest BCUT2D eigenvalue weighted by atomic mass is 10.1. The van der Waals surface area contributed by atoms with Gasteiger partial charge in [-0.2, -0.15) is 0 Å². The molecule has 2 unspecified atom stereocenters. The molecule has 1 fully saturated rings. The Balaban J connectivity index is 2.18. The first-order valence-electron chi connectivity index (χ1n) is 7.58. The summed E-state index contributed by atoms with van der Waals surface area (Å²) in [5, 5.41) is 9.23. The SMILES string of the molecule is CC(=O)OC(C(=O)O)C1OCCN(c2ccc(SN(C)C)cc2)C1=O. The zero-order valence-corrected chi connectivity index (χ0v) is 15.0. The highest BCUT2D eigenvalue weighted by molar-refractivity contribution is 7.97. The second kappa shape index (κ2) is 8.32. The van der Waals surface area contributed by atoms with E-state index in [9.17, 15) is 19.5 Å². The molecule has 0 radical (unpaired) electrons. The lowest BCUT2D eigenvalue weighted by Crippen LogP contribution is -2.55. The summed E-state index contributed by atoms with van der Waals surface area (Å²) in [5.41, 5.74) is 0.633. The number of ether oxygens (including phenoxy) is 2. The Morgan fingerprint density at radius 2 is 2.00 bits per heavy atom. The summed E-state index contributed by atoms with van der Waals surface area (Å²) >= 11 is 1.54. The number of rotatable bonds is 6. The topological polar surface area (TPSA) is 96.4 Å². The van der Waals surface area contributed by atoms with Gasteiger partial charge in [-0.05, 0) is 50.3 Å². The fourth-order valence-electron chi connectivity index (χ4n) is 2.40. The van der Waals surface area contributed by atoms with E-state index < -0.39 is 30.1 Å². The number of carboxylic acids is 1. The van der Waals surface area contributed by atoms with Gasteiger partial charge in [0.05, 0.1) is 6.61 Å². The van der Waals surface area contributed by atoms with E-state index in [0.717, 1.165) is 11.8 Å². The standard InChI is InChI=1S/C16H20N2O6S/c1-10(19)24-14(16(21)22)13-15(20)18(8-9-23-13)11-4-6-12(7-5-11)25-17(2)3/h4-7,13-14H,8-9H2,1-3H3,(H,21,22). The van der Waals surface area contributed by atoms with Crippen molar-refractivity contribution in [3.63, 3.8) is 0 Å². The summed E-state index contributed by atoms with van der Waals surface area (Å²) in [6.45, 7) is 1.53. The number of carbonyl (C=O) groups excluding carboxylic acids is 2. The van der Waals surface area contributed by atoms with Gasteiger partial charge in [0.15, 0.2) is 6.10 Å². The van der Waals surface area contributed by atoms with E-state index in [1.54, 1.807) is 24.1 Å². The molecule has 0 spiro atoms. The van der Waals surface area contributed by atoms with Crippen LogP contribution in [0.2, 0.25) is 0 Å². The number of nitrogens with zero attached hydrogens (tertiary/aromatic N) is 2. The molecule has 1 aliphatic rings. The second-order valence-electron chi connectivity index (χ2n) is 5.55. The number of morpholine rings is 1. The van der Waals surface area contributed by atoms with Gasteiger partial charge >= 0.3 is 11.9 Å². The number of esters is 1. The Hall–Kier alpha value is -2.10. The summed E-state index contributed by atoms with van der Waals surface area (Å²) in [7, 11) is 3.85. The van der Waals surface area contributed by atoms with Gasteiger partial charge in [0, 0.05) is 24.1 Å². The summed E-state index contributed by atoms with van der Waals surface area (Å²) in [4.78, 5) is 37.5. The molecule has 0 saturated carbocycles. The first-order valence-corrected chi connectivity index (χ1v) is 8.35. The highest BCUT2D eigenvalue weighted by Gasteiger charge is 2.42. The molecule has 1 aromatic carbocycles. The summed E-state index contributed by atoms with van der Waals surface area (Å²) in [6.07, 6.45) is -3.04. The van der Waals surface area contributed by atoms with E-state index in [2.05, 4.69) is 0 Å². The molecule has 0 aliphatic carbocycles. The van der Waals surface area contributed by atoms with Gasteiger partial charge in [0.1, 0.15) is 0 Å². The number of carboxylic acid groups (broad SMARTS) is 1. The van der Waals surface area contributed by atoms with Crippen molar-refractivity contribution in [3.8, 4) is 0 Å². The number of hydrogen-bond donors (Lipinski definition) is 1. The number of aliphatic carboxylic acids is 1. The predicted octanol–water partition coefficient (Wildman–Crippen LogP) is 1.00. The van der Waals surface area contributed by atoms with E-state index in [-0.39, 0.29) is 6.61 Å². The maximum Gasteiger partial charge on any atom is 0.348 e. The molecule has 1 amide bonds. The van der Waals surface area contributed by atoms with Gasteiger partial charge < -0.3 is 19.5 Å². The zero-order valence-electron chi connectivity index (χ0n) is 14.2. The summed E-state index contributed by atoms with van der Waals surface area (Å²) in [6, 6.07) is 7.32. The van der Waals surface area contributed by atoms with E-state index in [1.807, 2.05) is 30.5 Å². The van der Waals surface area contributed by atoms with Crippen LogP contribution >= 0.6 is 11.9 Å². The highest BCUT2D eigenvalue weighted by atomic mass is 32.2. The number of amides is 1. The number of carbonyl (C=O) groups is 3. The third-order valence-corrected chi connectivity index (χ3v) is 4.22. The van der Waals surface area contributed by atoms with Gasteiger partial charge in [0.25, 0.3) is 5.91 Å². The molecule has 1 heterocycles. The van der Waals surface area contributed by atoms with Gasteiger partial charge in [-0.15, -0.1) is 0 Å². The Morgan fingerprint density at radius 1 is 1.36 bits per heavy atom. The van der Waals surface area contributed by atoms with Crippen LogP contribution in [0.5, 0.6) is 0 Å². The number of anilines is 1. The minimum atomic E-state index is -1.67. The van der Waals surface area contributed by atoms with Crippen molar-refractivity contribution >= 4 is 35.5 Å². The third-order valence-electron chi connectivity index (χ3n) is 3.37. The molecule has 1 saturated heterocycles. The summed E-state index contributed by atoms with van der Waals surface area (Å²) < 4.78 is 12.0. The molecular formula is C16H20N2O6S. The average Bonchev–Trinajstić information content (AvgIpc) is 2.53. The van der Waals surface area contributed by atoms with Crippen LogP contribution < -0.4 is 4.90 Å². The monoisotopic (exact) mass is 368 g/mol. The number of benzene rings is 1. The van der Waals surface area contributed by atoms with Crippen molar-refractivity contribution in [2.45, 2.75) is 24.0 Å². The minimum absolute atomic E-state index is 0.148. The van der Waals surface area contributed by atoms with Crippen molar-refractivity contribution in [2.24, 2.45) is 0 Å². The highest BCUT2D eigenvalue weighted by Crippen LogP contribution is 2.26. The maximum atomic E-state index is 12.6. The van der Waals surface area contributed by atoms with E-state index in [0.29, 0.717) is 12.2 Å². The van der Waals surface area contributed by atoms with Gasteiger partial charge in [-0.1, -0.05) is 0 Å².